The molecule has 98 valence electrons. The minimum absolute atomic E-state index is 0.0551. The van der Waals surface area contributed by atoms with Crippen molar-refractivity contribution in [2.75, 3.05) is 6.54 Å². The van der Waals surface area contributed by atoms with Crippen LogP contribution in [0.2, 0.25) is 5.02 Å². The van der Waals surface area contributed by atoms with Crippen LogP contribution in [0.5, 0.6) is 0 Å². The van der Waals surface area contributed by atoms with Crippen molar-refractivity contribution in [2.24, 2.45) is 0 Å². The van der Waals surface area contributed by atoms with Crippen LogP contribution in [0.25, 0.3) is 11.3 Å². The number of carbonyl (C=O) groups is 1. The largest absolute Gasteiger partial charge is 0.352 e. The van der Waals surface area contributed by atoms with E-state index in [0.29, 0.717) is 17.1 Å². The second-order valence-corrected chi connectivity index (χ2v) is 4.57. The van der Waals surface area contributed by atoms with Gasteiger partial charge in [0.2, 0.25) is 0 Å². The third-order valence-electron chi connectivity index (χ3n) is 2.71. The van der Waals surface area contributed by atoms with Crippen LogP contribution in [0.1, 0.15) is 23.7 Å². The van der Waals surface area contributed by atoms with Crippen LogP contribution in [0.4, 0.5) is 0 Å². The van der Waals surface area contributed by atoms with Gasteiger partial charge in [-0.1, -0.05) is 30.7 Å². The van der Waals surface area contributed by atoms with Crippen LogP contribution >= 0.6 is 11.6 Å². The third-order valence-corrected chi connectivity index (χ3v) is 3.02. The minimum Gasteiger partial charge on any atom is -0.352 e. The van der Waals surface area contributed by atoms with Crippen molar-refractivity contribution in [1.82, 2.24) is 10.3 Å². The average molecular weight is 275 g/mol. The summed E-state index contributed by atoms with van der Waals surface area (Å²) in [4.78, 5) is 16.0. The van der Waals surface area contributed by atoms with Gasteiger partial charge in [-0.15, -0.1) is 0 Å². The molecule has 0 radical (unpaired) electrons. The lowest BCUT2D eigenvalue weighted by atomic mass is 10.1. The number of hydrogen-bond acceptors (Lipinski definition) is 2. The molecule has 2 rings (SSSR count). The Hall–Kier alpha value is -1.87. The van der Waals surface area contributed by atoms with E-state index in [1.807, 2.05) is 19.1 Å². The van der Waals surface area contributed by atoms with Crippen molar-refractivity contribution in [3.63, 3.8) is 0 Å². The van der Waals surface area contributed by atoms with E-state index in [1.54, 1.807) is 30.5 Å². The summed E-state index contributed by atoms with van der Waals surface area (Å²) in [5.74, 6) is -0.0551. The molecule has 0 saturated heterocycles. The fourth-order valence-corrected chi connectivity index (χ4v) is 1.95. The van der Waals surface area contributed by atoms with E-state index in [-0.39, 0.29) is 5.91 Å². The number of halogens is 1. The fourth-order valence-electron chi connectivity index (χ4n) is 1.72. The second kappa shape index (κ2) is 6.34. The van der Waals surface area contributed by atoms with Gasteiger partial charge >= 0.3 is 0 Å². The van der Waals surface area contributed by atoms with E-state index in [9.17, 15) is 4.79 Å². The van der Waals surface area contributed by atoms with Gasteiger partial charge in [0.25, 0.3) is 5.91 Å². The SMILES string of the molecule is CCCNC(=O)c1ccc(-c2ncccc2Cl)cc1. The Kier molecular flexibility index (Phi) is 4.53. The molecule has 0 spiro atoms. The fraction of sp³-hybridized carbons (Fsp3) is 0.200. The van der Waals surface area contributed by atoms with Crippen molar-refractivity contribution in [3.05, 3.63) is 53.2 Å². The average Bonchev–Trinajstić information content (AvgIpc) is 2.45. The molecule has 1 N–H and O–H groups in total. The van der Waals surface area contributed by atoms with E-state index in [4.69, 9.17) is 11.6 Å². The zero-order valence-corrected chi connectivity index (χ0v) is 11.4. The summed E-state index contributed by atoms with van der Waals surface area (Å²) in [6.45, 7) is 2.71. The maximum atomic E-state index is 11.8. The topological polar surface area (TPSA) is 42.0 Å². The molecule has 0 unspecified atom stereocenters. The number of amides is 1. The standard InChI is InChI=1S/C15H15ClN2O/c1-2-9-18-15(19)12-7-5-11(6-8-12)14-13(16)4-3-10-17-14/h3-8,10H,2,9H2,1H3,(H,18,19). The summed E-state index contributed by atoms with van der Waals surface area (Å²) >= 11 is 6.09. The van der Waals surface area contributed by atoms with E-state index in [1.165, 1.54) is 0 Å². The van der Waals surface area contributed by atoms with Gasteiger partial charge in [0.15, 0.2) is 0 Å². The lowest BCUT2D eigenvalue weighted by molar-refractivity contribution is 0.0953. The maximum Gasteiger partial charge on any atom is 0.251 e. The summed E-state index contributed by atoms with van der Waals surface area (Å²) in [7, 11) is 0. The van der Waals surface area contributed by atoms with Crippen molar-refractivity contribution in [1.29, 1.82) is 0 Å². The zero-order valence-electron chi connectivity index (χ0n) is 10.7. The van der Waals surface area contributed by atoms with Crippen LogP contribution in [-0.4, -0.2) is 17.4 Å². The first-order chi connectivity index (χ1) is 9.22. The van der Waals surface area contributed by atoms with Crippen molar-refractivity contribution < 1.29 is 4.79 Å². The molecular formula is C15H15ClN2O. The lowest BCUT2D eigenvalue weighted by Gasteiger charge is -2.06. The van der Waals surface area contributed by atoms with Crippen LogP contribution in [0, 0.1) is 0 Å². The van der Waals surface area contributed by atoms with E-state index in [0.717, 1.165) is 17.7 Å². The van der Waals surface area contributed by atoms with Crippen molar-refractivity contribution in [3.8, 4) is 11.3 Å². The molecule has 0 aliphatic carbocycles. The smallest absolute Gasteiger partial charge is 0.251 e. The molecule has 1 aromatic carbocycles. The second-order valence-electron chi connectivity index (χ2n) is 4.17. The summed E-state index contributed by atoms with van der Waals surface area (Å²) < 4.78 is 0. The molecule has 0 bridgehead atoms. The number of hydrogen-bond donors (Lipinski definition) is 1. The van der Waals surface area contributed by atoms with Gasteiger partial charge < -0.3 is 5.32 Å². The van der Waals surface area contributed by atoms with Gasteiger partial charge in [-0.25, -0.2) is 0 Å². The highest BCUT2D eigenvalue weighted by Gasteiger charge is 2.07. The quantitative estimate of drug-likeness (QED) is 0.926. The third kappa shape index (κ3) is 3.32. The molecule has 0 atom stereocenters. The molecule has 0 fully saturated rings. The summed E-state index contributed by atoms with van der Waals surface area (Å²) in [5.41, 5.74) is 2.27. The lowest BCUT2D eigenvalue weighted by Crippen LogP contribution is -2.23. The van der Waals surface area contributed by atoms with Gasteiger partial charge in [0.05, 0.1) is 10.7 Å². The Labute approximate surface area is 117 Å². The number of carbonyl (C=O) groups excluding carboxylic acids is 1. The first-order valence-corrected chi connectivity index (χ1v) is 6.59. The summed E-state index contributed by atoms with van der Waals surface area (Å²) in [6, 6.07) is 10.9. The Morgan fingerprint density at radius 2 is 2.00 bits per heavy atom. The number of nitrogens with zero attached hydrogens (tertiary/aromatic N) is 1. The molecule has 1 aromatic heterocycles. The molecule has 4 heteroatoms. The Bertz CT molecular complexity index is 567. The molecule has 2 aromatic rings. The highest BCUT2D eigenvalue weighted by atomic mass is 35.5. The molecule has 0 aliphatic rings. The van der Waals surface area contributed by atoms with Gasteiger partial charge in [-0.2, -0.15) is 0 Å². The van der Waals surface area contributed by atoms with Crippen LogP contribution in [0.15, 0.2) is 42.6 Å². The molecular weight excluding hydrogens is 260 g/mol. The van der Waals surface area contributed by atoms with Crippen LogP contribution in [-0.2, 0) is 0 Å². The maximum absolute atomic E-state index is 11.8. The summed E-state index contributed by atoms with van der Waals surface area (Å²) in [6.07, 6.45) is 2.62. The highest BCUT2D eigenvalue weighted by Crippen LogP contribution is 2.25. The van der Waals surface area contributed by atoms with Gasteiger partial charge in [0, 0.05) is 23.9 Å². The Morgan fingerprint density at radius 3 is 2.63 bits per heavy atom. The van der Waals surface area contributed by atoms with Crippen molar-refractivity contribution in [2.45, 2.75) is 13.3 Å². The van der Waals surface area contributed by atoms with Crippen molar-refractivity contribution >= 4 is 17.5 Å². The Morgan fingerprint density at radius 1 is 1.26 bits per heavy atom. The number of nitrogens with one attached hydrogen (secondary N) is 1. The molecule has 0 saturated carbocycles. The minimum atomic E-state index is -0.0551. The molecule has 0 aliphatic heterocycles. The van der Waals surface area contributed by atoms with E-state index in [2.05, 4.69) is 10.3 Å². The Balaban J connectivity index is 2.19. The number of aromatic nitrogens is 1. The van der Waals surface area contributed by atoms with Crippen LogP contribution in [0.3, 0.4) is 0 Å². The van der Waals surface area contributed by atoms with Crippen LogP contribution < -0.4 is 5.32 Å². The van der Waals surface area contributed by atoms with Gasteiger partial charge in [-0.05, 0) is 30.7 Å². The predicted molar refractivity (Wildman–Crippen MR) is 77.3 cm³/mol. The molecule has 3 nitrogen and oxygen atoms in total. The van der Waals surface area contributed by atoms with E-state index >= 15 is 0 Å². The number of pyridine rings is 1. The normalized spacial score (nSPS) is 10.2. The van der Waals surface area contributed by atoms with Gasteiger partial charge in [-0.3, -0.25) is 9.78 Å². The number of benzene rings is 1. The predicted octanol–water partition coefficient (Wildman–Crippen LogP) is 3.54. The first-order valence-electron chi connectivity index (χ1n) is 6.21. The number of rotatable bonds is 4. The monoisotopic (exact) mass is 274 g/mol. The van der Waals surface area contributed by atoms with Gasteiger partial charge in [0.1, 0.15) is 0 Å². The van der Waals surface area contributed by atoms with E-state index < -0.39 is 0 Å². The molecule has 1 heterocycles. The first kappa shape index (κ1) is 13.6. The summed E-state index contributed by atoms with van der Waals surface area (Å²) in [5, 5.41) is 3.44. The molecule has 1 amide bonds. The molecule has 19 heavy (non-hydrogen) atoms. The zero-order chi connectivity index (χ0) is 13.7. The highest BCUT2D eigenvalue weighted by molar-refractivity contribution is 6.33.